The van der Waals surface area contributed by atoms with Crippen LogP contribution in [0.15, 0.2) is 5.38 Å². The van der Waals surface area contributed by atoms with Gasteiger partial charge in [0.2, 0.25) is 0 Å². The second-order valence-corrected chi connectivity index (χ2v) is 8.29. The third kappa shape index (κ3) is 4.70. The summed E-state index contributed by atoms with van der Waals surface area (Å²) in [5, 5.41) is 9.39. The van der Waals surface area contributed by atoms with E-state index < -0.39 is 0 Å². The Morgan fingerprint density at radius 2 is 2.17 bits per heavy atom. The van der Waals surface area contributed by atoms with Crippen molar-refractivity contribution in [3.05, 3.63) is 16.1 Å². The Balaban J connectivity index is 1.34. The summed E-state index contributed by atoms with van der Waals surface area (Å²) in [4.78, 5) is 19.2. The van der Waals surface area contributed by atoms with E-state index in [1.54, 1.807) is 11.3 Å². The van der Waals surface area contributed by atoms with Gasteiger partial charge in [-0.15, -0.1) is 11.3 Å². The average molecular weight is 351 g/mol. The first-order valence-corrected chi connectivity index (χ1v) is 10.2. The van der Waals surface area contributed by atoms with Crippen molar-refractivity contribution in [2.24, 2.45) is 0 Å². The van der Waals surface area contributed by atoms with Crippen LogP contribution >= 0.6 is 11.3 Å². The predicted molar refractivity (Wildman–Crippen MR) is 98.7 cm³/mol. The highest BCUT2D eigenvalue weighted by Gasteiger charge is 2.30. The Bertz CT molecular complexity index is 539. The molecule has 1 aromatic heterocycles. The fourth-order valence-electron chi connectivity index (χ4n) is 3.75. The maximum atomic E-state index is 12.1. The number of rotatable bonds is 6. The topological polar surface area (TPSA) is 57.3 Å². The molecule has 1 aromatic rings. The van der Waals surface area contributed by atoms with E-state index in [4.69, 9.17) is 0 Å². The van der Waals surface area contributed by atoms with Crippen LogP contribution in [0.4, 0.5) is 4.79 Å². The summed E-state index contributed by atoms with van der Waals surface area (Å²) in [6, 6.07) is 1.03. The van der Waals surface area contributed by atoms with Crippen LogP contribution in [0.5, 0.6) is 0 Å². The van der Waals surface area contributed by atoms with Crippen molar-refractivity contribution in [2.75, 3.05) is 19.6 Å². The molecule has 2 heterocycles. The van der Waals surface area contributed by atoms with Gasteiger partial charge in [-0.25, -0.2) is 9.78 Å². The van der Waals surface area contributed by atoms with Gasteiger partial charge in [-0.1, -0.05) is 26.7 Å². The Kier molecular flexibility index (Phi) is 6.11. The molecule has 1 aliphatic heterocycles. The molecule has 3 rings (SSSR count). The summed E-state index contributed by atoms with van der Waals surface area (Å²) in [5.74, 6) is 0.477. The molecular weight excluding hydrogens is 320 g/mol. The van der Waals surface area contributed by atoms with Crippen LogP contribution in [0.3, 0.4) is 0 Å². The van der Waals surface area contributed by atoms with Crippen LogP contribution in [-0.4, -0.2) is 47.6 Å². The maximum absolute atomic E-state index is 12.1. The highest BCUT2D eigenvalue weighted by atomic mass is 32.1. The van der Waals surface area contributed by atoms with Crippen molar-refractivity contribution in [1.82, 2.24) is 20.5 Å². The molecule has 24 heavy (non-hydrogen) atoms. The maximum Gasteiger partial charge on any atom is 0.315 e. The van der Waals surface area contributed by atoms with Crippen molar-refractivity contribution in [3.8, 4) is 0 Å². The van der Waals surface area contributed by atoms with Gasteiger partial charge in [-0.3, -0.25) is 4.90 Å². The van der Waals surface area contributed by atoms with E-state index in [0.717, 1.165) is 37.7 Å². The summed E-state index contributed by atoms with van der Waals surface area (Å²) < 4.78 is 0. The minimum absolute atomic E-state index is 0.0346. The standard InChI is InChI=1S/C18H30N4OS/c1-13(2)17-20-15(12-24-17)7-9-19-18(23)21-14-8-10-22(11-14)16-5-3-4-6-16/h12-14,16H,3-11H2,1-2H3,(H2,19,21,23). The molecule has 1 aliphatic carbocycles. The number of carbonyl (C=O) groups excluding carboxylic acids is 1. The molecular formula is C18H30N4OS. The molecule has 6 heteroatoms. The lowest BCUT2D eigenvalue weighted by Crippen LogP contribution is -2.44. The quantitative estimate of drug-likeness (QED) is 0.829. The molecule has 1 atom stereocenters. The molecule has 0 spiro atoms. The van der Waals surface area contributed by atoms with Crippen LogP contribution in [0.2, 0.25) is 0 Å². The van der Waals surface area contributed by atoms with Gasteiger partial charge < -0.3 is 10.6 Å². The number of nitrogens with zero attached hydrogens (tertiary/aromatic N) is 2. The lowest BCUT2D eigenvalue weighted by Gasteiger charge is -2.23. The molecule has 1 saturated heterocycles. The van der Waals surface area contributed by atoms with Crippen molar-refractivity contribution >= 4 is 17.4 Å². The van der Waals surface area contributed by atoms with Gasteiger partial charge in [0.1, 0.15) is 0 Å². The van der Waals surface area contributed by atoms with Crippen LogP contribution in [0, 0.1) is 0 Å². The van der Waals surface area contributed by atoms with Crippen LogP contribution in [0.1, 0.15) is 62.6 Å². The predicted octanol–water partition coefficient (Wildman–Crippen LogP) is 3.13. The first kappa shape index (κ1) is 17.7. The van der Waals surface area contributed by atoms with Gasteiger partial charge in [-0.2, -0.15) is 0 Å². The number of amides is 2. The molecule has 0 radical (unpaired) electrons. The average Bonchev–Trinajstić information content (AvgIpc) is 3.28. The fraction of sp³-hybridized carbons (Fsp3) is 0.778. The molecule has 2 amide bonds. The van der Waals surface area contributed by atoms with E-state index in [1.165, 1.54) is 30.7 Å². The highest BCUT2D eigenvalue weighted by molar-refractivity contribution is 7.09. The van der Waals surface area contributed by atoms with Crippen LogP contribution in [0.25, 0.3) is 0 Å². The number of hydrogen-bond donors (Lipinski definition) is 2. The minimum atomic E-state index is -0.0346. The Hall–Kier alpha value is -1.14. The Labute approximate surface area is 149 Å². The monoisotopic (exact) mass is 350 g/mol. The summed E-state index contributed by atoms with van der Waals surface area (Å²) in [5.41, 5.74) is 1.08. The van der Waals surface area contributed by atoms with Gasteiger partial charge in [0.15, 0.2) is 0 Å². The molecule has 5 nitrogen and oxygen atoms in total. The van der Waals surface area contributed by atoms with Crippen molar-refractivity contribution < 1.29 is 4.79 Å². The smallest absolute Gasteiger partial charge is 0.315 e. The fourth-order valence-corrected chi connectivity index (χ4v) is 4.62. The van der Waals surface area contributed by atoms with Crippen molar-refractivity contribution in [1.29, 1.82) is 0 Å². The van der Waals surface area contributed by atoms with Crippen LogP contribution in [-0.2, 0) is 6.42 Å². The van der Waals surface area contributed by atoms with Gasteiger partial charge in [0, 0.05) is 49.4 Å². The van der Waals surface area contributed by atoms with E-state index in [-0.39, 0.29) is 6.03 Å². The summed E-state index contributed by atoms with van der Waals surface area (Å²) in [6.07, 6.45) is 7.29. The van der Waals surface area contributed by atoms with Gasteiger partial charge >= 0.3 is 6.03 Å². The molecule has 0 bridgehead atoms. The lowest BCUT2D eigenvalue weighted by atomic mass is 10.2. The van der Waals surface area contributed by atoms with E-state index in [0.29, 0.717) is 18.5 Å². The number of likely N-dealkylation sites (tertiary alicyclic amines) is 1. The Morgan fingerprint density at radius 1 is 1.38 bits per heavy atom. The van der Waals surface area contributed by atoms with E-state index in [2.05, 4.69) is 39.7 Å². The van der Waals surface area contributed by atoms with Gasteiger partial charge in [-0.05, 0) is 19.3 Å². The third-order valence-electron chi connectivity index (χ3n) is 5.13. The normalized spacial score (nSPS) is 22.4. The second-order valence-electron chi connectivity index (χ2n) is 7.40. The lowest BCUT2D eigenvalue weighted by molar-refractivity contribution is 0.228. The van der Waals surface area contributed by atoms with E-state index in [9.17, 15) is 4.79 Å². The molecule has 1 unspecified atom stereocenters. The van der Waals surface area contributed by atoms with Gasteiger partial charge in [0.25, 0.3) is 0 Å². The zero-order chi connectivity index (χ0) is 16.9. The highest BCUT2D eigenvalue weighted by Crippen LogP contribution is 2.26. The van der Waals surface area contributed by atoms with Gasteiger partial charge in [0.05, 0.1) is 10.7 Å². The van der Waals surface area contributed by atoms with E-state index in [1.807, 2.05) is 0 Å². The van der Waals surface area contributed by atoms with Crippen LogP contribution < -0.4 is 10.6 Å². The zero-order valence-electron chi connectivity index (χ0n) is 14.9. The summed E-state index contributed by atoms with van der Waals surface area (Å²) >= 11 is 1.71. The number of aromatic nitrogens is 1. The molecule has 2 fully saturated rings. The number of nitrogens with one attached hydrogen (secondary N) is 2. The molecule has 2 N–H and O–H groups in total. The molecule has 0 aromatic carbocycles. The van der Waals surface area contributed by atoms with Crippen molar-refractivity contribution in [3.63, 3.8) is 0 Å². The second kappa shape index (κ2) is 8.30. The molecule has 1 saturated carbocycles. The van der Waals surface area contributed by atoms with Crippen molar-refractivity contribution in [2.45, 2.75) is 70.4 Å². The SMILES string of the molecule is CC(C)c1nc(CCNC(=O)NC2CCN(C3CCCC3)C2)cs1. The number of urea groups is 1. The van der Waals surface area contributed by atoms with E-state index >= 15 is 0 Å². The first-order valence-electron chi connectivity index (χ1n) is 9.34. The Morgan fingerprint density at radius 3 is 2.88 bits per heavy atom. The molecule has 2 aliphatic rings. The largest absolute Gasteiger partial charge is 0.338 e. The number of thiazole rings is 1. The third-order valence-corrected chi connectivity index (χ3v) is 6.32. The summed E-state index contributed by atoms with van der Waals surface area (Å²) in [7, 11) is 0. The minimum Gasteiger partial charge on any atom is -0.338 e. The number of carbonyl (C=O) groups is 1. The summed E-state index contributed by atoms with van der Waals surface area (Å²) in [6.45, 7) is 7.11. The first-order chi connectivity index (χ1) is 11.6. The zero-order valence-corrected chi connectivity index (χ0v) is 15.7. The number of hydrogen-bond acceptors (Lipinski definition) is 4. The molecule has 134 valence electrons.